The van der Waals surface area contributed by atoms with E-state index >= 15 is 0 Å². The summed E-state index contributed by atoms with van der Waals surface area (Å²) in [7, 11) is 6.39. The van der Waals surface area contributed by atoms with E-state index in [2.05, 4.69) is 49.4 Å². The van der Waals surface area contributed by atoms with E-state index < -0.39 is 0 Å². The van der Waals surface area contributed by atoms with Crippen molar-refractivity contribution in [1.29, 1.82) is 5.41 Å². The van der Waals surface area contributed by atoms with E-state index in [1.165, 1.54) is 19.9 Å². The summed E-state index contributed by atoms with van der Waals surface area (Å²) in [5.74, 6) is 2.20. The zero-order valence-corrected chi connectivity index (χ0v) is 18.8. The highest BCUT2D eigenvalue weighted by molar-refractivity contribution is 5.78. The lowest BCUT2D eigenvalue weighted by Crippen LogP contribution is -2.27. The monoisotopic (exact) mass is 416 g/mol. The molecule has 7 heteroatoms. The molecule has 1 aliphatic heterocycles. The summed E-state index contributed by atoms with van der Waals surface area (Å²) in [6, 6.07) is 1.95. The molecular formula is C23H36N4O3. The third-order valence-corrected chi connectivity index (χ3v) is 4.82. The van der Waals surface area contributed by atoms with Gasteiger partial charge in [0.25, 0.3) is 0 Å². The summed E-state index contributed by atoms with van der Waals surface area (Å²) in [5.41, 5.74) is 12.3. The Balaban J connectivity index is 0.00000108. The fourth-order valence-corrected chi connectivity index (χ4v) is 3.01. The molecule has 1 atom stereocenters. The lowest BCUT2D eigenvalue weighted by molar-refractivity contribution is 0.163. The quantitative estimate of drug-likeness (QED) is 0.374. The Morgan fingerprint density at radius 1 is 1.33 bits per heavy atom. The molecule has 1 aliphatic carbocycles. The van der Waals surface area contributed by atoms with Gasteiger partial charge in [-0.2, -0.15) is 0 Å². The van der Waals surface area contributed by atoms with E-state index in [0.717, 1.165) is 16.9 Å². The van der Waals surface area contributed by atoms with Crippen molar-refractivity contribution >= 4 is 18.6 Å². The van der Waals surface area contributed by atoms with E-state index in [1.807, 2.05) is 6.07 Å². The third kappa shape index (κ3) is 6.82. The van der Waals surface area contributed by atoms with E-state index in [1.54, 1.807) is 21.3 Å². The standard InChI is InChI=1S/C18H24N2O3.C2H5N.C2H2.CH5N/c1-18(8-9-18)14-6-5-12-11(4-7-15(19)20)10-13(21-2)17(22-3)16(12)23-14;1-3-2;2*1-2/h5-6,10,14H,4,7-9H2,1-3H3,(H3,19,20);1H2,2H3;1-2H;2H2,1H3. The van der Waals surface area contributed by atoms with Crippen LogP contribution in [0, 0.1) is 23.7 Å². The fourth-order valence-electron chi connectivity index (χ4n) is 3.01. The van der Waals surface area contributed by atoms with Crippen LogP contribution in [0.2, 0.25) is 0 Å². The van der Waals surface area contributed by atoms with Gasteiger partial charge in [-0.25, -0.2) is 0 Å². The summed E-state index contributed by atoms with van der Waals surface area (Å²) < 4.78 is 17.3. The third-order valence-electron chi connectivity index (χ3n) is 4.82. The van der Waals surface area contributed by atoms with E-state index in [9.17, 15) is 0 Å². The lowest BCUT2D eigenvalue weighted by atomic mass is 9.94. The number of aryl methyl sites for hydroxylation is 1. The predicted octanol–water partition coefficient (Wildman–Crippen LogP) is 3.29. The highest BCUT2D eigenvalue weighted by Gasteiger charge is 2.46. The van der Waals surface area contributed by atoms with Gasteiger partial charge < -0.3 is 30.7 Å². The summed E-state index contributed by atoms with van der Waals surface area (Å²) in [5, 5.41) is 7.46. The number of hydrogen-bond acceptors (Lipinski definition) is 6. The van der Waals surface area contributed by atoms with Crippen molar-refractivity contribution < 1.29 is 14.2 Å². The normalized spacial score (nSPS) is 16.3. The average Bonchev–Trinajstić information content (AvgIpc) is 3.53. The average molecular weight is 417 g/mol. The summed E-state index contributed by atoms with van der Waals surface area (Å²) >= 11 is 0. The van der Waals surface area contributed by atoms with Crippen LogP contribution < -0.4 is 25.7 Å². The number of nitrogens with zero attached hydrogens (tertiary/aromatic N) is 1. The summed E-state index contributed by atoms with van der Waals surface area (Å²) in [4.78, 5) is 3.25. The minimum Gasteiger partial charge on any atom is -0.493 e. The Kier molecular flexibility index (Phi) is 12.0. The van der Waals surface area contributed by atoms with Crippen LogP contribution in [0.25, 0.3) is 6.08 Å². The molecule has 5 N–H and O–H groups in total. The second kappa shape index (κ2) is 13.3. The molecule has 2 aliphatic rings. The molecule has 0 amide bonds. The van der Waals surface area contributed by atoms with Crippen molar-refractivity contribution in [1.82, 2.24) is 0 Å². The van der Waals surface area contributed by atoms with E-state index in [0.29, 0.717) is 24.3 Å². The van der Waals surface area contributed by atoms with E-state index in [-0.39, 0.29) is 17.4 Å². The van der Waals surface area contributed by atoms with Crippen LogP contribution in [0.5, 0.6) is 17.2 Å². The SMILES string of the molecule is C#C.C=NC.CN.COc1cc(CCC(=N)N)c2c(c1OC)OC(C1(C)CC1)C=C2. The topological polar surface area (TPSA) is 116 Å². The number of nitrogens with two attached hydrogens (primary N) is 2. The maximum atomic E-state index is 7.46. The first-order valence-corrected chi connectivity index (χ1v) is 9.61. The van der Waals surface area contributed by atoms with Crippen molar-refractivity contribution in [2.45, 2.75) is 38.7 Å². The number of benzene rings is 1. The second-order valence-electron chi connectivity index (χ2n) is 6.91. The van der Waals surface area contributed by atoms with Gasteiger partial charge >= 0.3 is 0 Å². The Morgan fingerprint density at radius 3 is 2.33 bits per heavy atom. The maximum Gasteiger partial charge on any atom is 0.203 e. The molecule has 7 nitrogen and oxygen atoms in total. The van der Waals surface area contributed by atoms with Gasteiger partial charge in [0.1, 0.15) is 6.10 Å². The minimum absolute atomic E-state index is 0.0664. The first kappa shape index (κ1) is 27.0. The molecule has 0 saturated heterocycles. The van der Waals surface area contributed by atoms with Crippen LogP contribution in [0.4, 0.5) is 0 Å². The number of aliphatic imine (C=N–C) groups is 1. The molecule has 0 bridgehead atoms. The molecule has 3 rings (SSSR count). The molecule has 166 valence electrons. The number of rotatable bonds is 6. The van der Waals surface area contributed by atoms with Crippen molar-refractivity contribution in [3.05, 3.63) is 23.3 Å². The fraction of sp³-hybridized carbons (Fsp3) is 0.478. The molecule has 1 heterocycles. The number of nitrogens with one attached hydrogen (secondary N) is 1. The Hall–Kier alpha value is -2.98. The van der Waals surface area contributed by atoms with Crippen LogP contribution in [0.15, 0.2) is 17.1 Å². The number of terminal acetylenes is 1. The molecule has 0 spiro atoms. The van der Waals surface area contributed by atoms with Gasteiger partial charge in [0.05, 0.1) is 20.1 Å². The molecule has 0 radical (unpaired) electrons. The first-order valence-electron chi connectivity index (χ1n) is 9.61. The van der Waals surface area contributed by atoms with Crippen LogP contribution in [0.1, 0.15) is 37.3 Å². The van der Waals surface area contributed by atoms with Crippen molar-refractivity contribution in [3.8, 4) is 30.1 Å². The first-order chi connectivity index (χ1) is 14.4. The van der Waals surface area contributed by atoms with Crippen molar-refractivity contribution in [2.24, 2.45) is 21.9 Å². The van der Waals surface area contributed by atoms with Gasteiger partial charge in [-0.05, 0) is 50.7 Å². The van der Waals surface area contributed by atoms with Gasteiger partial charge in [0.2, 0.25) is 5.75 Å². The molecule has 1 unspecified atom stereocenters. The summed E-state index contributed by atoms with van der Waals surface area (Å²) in [6.45, 7) is 5.36. The minimum atomic E-state index is 0.0664. The zero-order valence-electron chi connectivity index (χ0n) is 18.8. The number of methoxy groups -OCH3 is 2. The largest absolute Gasteiger partial charge is 0.493 e. The van der Waals surface area contributed by atoms with Gasteiger partial charge in [0.15, 0.2) is 11.5 Å². The number of ether oxygens (including phenoxy) is 3. The van der Waals surface area contributed by atoms with Crippen LogP contribution >= 0.6 is 0 Å². The van der Waals surface area contributed by atoms with Crippen molar-refractivity contribution in [3.63, 3.8) is 0 Å². The molecule has 1 aromatic carbocycles. The smallest absolute Gasteiger partial charge is 0.203 e. The second-order valence-corrected chi connectivity index (χ2v) is 6.91. The molecule has 1 saturated carbocycles. The van der Waals surface area contributed by atoms with Crippen LogP contribution in [-0.4, -0.2) is 47.0 Å². The van der Waals surface area contributed by atoms with E-state index in [4.69, 9.17) is 25.4 Å². The molecule has 0 aromatic heterocycles. The lowest BCUT2D eigenvalue weighted by Gasteiger charge is -2.29. The predicted molar refractivity (Wildman–Crippen MR) is 126 cm³/mol. The number of fused-ring (bicyclic) bond motifs is 1. The number of hydrogen-bond donors (Lipinski definition) is 3. The highest BCUT2D eigenvalue weighted by Crippen LogP contribution is 2.54. The molecule has 1 aromatic rings. The highest BCUT2D eigenvalue weighted by atomic mass is 16.5. The molecule has 1 fully saturated rings. The van der Waals surface area contributed by atoms with Crippen molar-refractivity contribution in [2.75, 3.05) is 28.3 Å². The Labute approximate surface area is 181 Å². The van der Waals surface area contributed by atoms with Gasteiger partial charge in [0, 0.05) is 24.4 Å². The van der Waals surface area contributed by atoms with Gasteiger partial charge in [-0.1, -0.05) is 13.0 Å². The maximum absolute atomic E-state index is 7.46. The number of amidine groups is 1. The van der Waals surface area contributed by atoms with Gasteiger partial charge in [-0.15, -0.1) is 12.8 Å². The molecule has 30 heavy (non-hydrogen) atoms. The zero-order chi connectivity index (χ0) is 23.3. The summed E-state index contributed by atoms with van der Waals surface area (Å²) in [6.07, 6.45) is 15.9. The van der Waals surface area contributed by atoms with Crippen LogP contribution in [0.3, 0.4) is 0 Å². The van der Waals surface area contributed by atoms with Crippen LogP contribution in [-0.2, 0) is 6.42 Å². The van der Waals surface area contributed by atoms with Gasteiger partial charge in [-0.3, -0.25) is 5.41 Å². The molecular weight excluding hydrogens is 380 g/mol. The Morgan fingerprint density at radius 2 is 1.90 bits per heavy atom. The Bertz CT molecular complexity index is 753.